The van der Waals surface area contributed by atoms with Gasteiger partial charge in [-0.2, -0.15) is 0 Å². The van der Waals surface area contributed by atoms with Gasteiger partial charge in [0.1, 0.15) is 12.9 Å². The minimum Gasteiger partial charge on any atom is -0.356 e. The van der Waals surface area contributed by atoms with Crippen LogP contribution in [0.4, 0.5) is 0 Å². The number of piperidine rings is 1. The Hall–Kier alpha value is -3.10. The molecule has 0 spiro atoms. The number of hydrogen-bond acceptors (Lipinski definition) is 7. The lowest BCUT2D eigenvalue weighted by atomic mass is 9.81. The summed E-state index contributed by atoms with van der Waals surface area (Å²) in [6.45, 7) is 2.82. The van der Waals surface area contributed by atoms with Crippen molar-refractivity contribution in [2.24, 2.45) is 23.7 Å². The van der Waals surface area contributed by atoms with E-state index in [1.807, 2.05) is 13.0 Å². The van der Waals surface area contributed by atoms with E-state index in [2.05, 4.69) is 15.1 Å². The average Bonchev–Trinajstić information content (AvgIpc) is 3.61. The van der Waals surface area contributed by atoms with Crippen LogP contribution in [-0.4, -0.2) is 62.3 Å². The topological polar surface area (TPSA) is 110 Å². The van der Waals surface area contributed by atoms with Crippen LogP contribution in [0.3, 0.4) is 0 Å². The molecule has 4 heterocycles. The highest BCUT2D eigenvalue weighted by molar-refractivity contribution is 6.08. The summed E-state index contributed by atoms with van der Waals surface area (Å²) in [4.78, 5) is 50.9. The normalized spacial score (nSPS) is 30.9. The van der Waals surface area contributed by atoms with Crippen molar-refractivity contribution in [3.05, 3.63) is 30.0 Å². The van der Waals surface area contributed by atoms with Crippen LogP contribution in [-0.2, 0) is 14.4 Å². The number of imide groups is 1. The summed E-state index contributed by atoms with van der Waals surface area (Å²) >= 11 is 0. The molecular formula is C24H27N5O4. The smallest absolute Gasteiger partial charge is 0.242 e. The average molecular weight is 450 g/mol. The van der Waals surface area contributed by atoms with Crippen LogP contribution < -0.4 is 0 Å². The molecule has 0 radical (unpaired) electrons. The minimum atomic E-state index is -0.188. The lowest BCUT2D eigenvalue weighted by Gasteiger charge is -2.34. The van der Waals surface area contributed by atoms with Gasteiger partial charge in [0.25, 0.3) is 0 Å². The second-order valence-electron chi connectivity index (χ2n) is 9.98. The van der Waals surface area contributed by atoms with Crippen molar-refractivity contribution >= 4 is 17.7 Å². The Balaban J connectivity index is 1.18. The molecule has 2 aliphatic heterocycles. The van der Waals surface area contributed by atoms with E-state index in [1.165, 1.54) is 11.2 Å². The molecule has 4 fully saturated rings. The quantitative estimate of drug-likeness (QED) is 0.658. The van der Waals surface area contributed by atoms with Crippen molar-refractivity contribution in [1.82, 2.24) is 24.9 Å². The third kappa shape index (κ3) is 3.28. The monoisotopic (exact) mass is 449 g/mol. The Kier molecular flexibility index (Phi) is 4.81. The van der Waals surface area contributed by atoms with Crippen LogP contribution in [0, 0.1) is 30.6 Å². The first-order chi connectivity index (χ1) is 16.0. The van der Waals surface area contributed by atoms with Crippen molar-refractivity contribution in [3.8, 4) is 11.3 Å². The van der Waals surface area contributed by atoms with Gasteiger partial charge in [0.2, 0.25) is 17.7 Å². The van der Waals surface area contributed by atoms with Crippen LogP contribution >= 0.6 is 0 Å². The van der Waals surface area contributed by atoms with Gasteiger partial charge >= 0.3 is 0 Å². The molecule has 2 saturated heterocycles. The second kappa shape index (κ2) is 7.74. The molecule has 2 aromatic rings. The molecule has 0 N–H and O–H groups in total. The second-order valence-corrected chi connectivity index (χ2v) is 9.98. The molecule has 2 aliphatic carbocycles. The summed E-state index contributed by atoms with van der Waals surface area (Å²) in [7, 11) is 0. The van der Waals surface area contributed by atoms with Gasteiger partial charge in [-0.3, -0.25) is 19.3 Å². The number of amides is 3. The number of carbonyl (C=O) groups excluding carboxylic acids is 3. The van der Waals surface area contributed by atoms with Gasteiger partial charge in [0.15, 0.2) is 5.76 Å². The van der Waals surface area contributed by atoms with Gasteiger partial charge in [-0.15, -0.1) is 0 Å². The van der Waals surface area contributed by atoms with Gasteiger partial charge in [-0.05, 0) is 50.9 Å². The van der Waals surface area contributed by atoms with Crippen molar-refractivity contribution in [2.45, 2.75) is 44.9 Å². The van der Waals surface area contributed by atoms with Crippen LogP contribution in [0.25, 0.3) is 11.3 Å². The van der Waals surface area contributed by atoms with E-state index in [4.69, 9.17) is 4.52 Å². The van der Waals surface area contributed by atoms with Crippen LogP contribution in [0.15, 0.2) is 23.1 Å². The first-order valence-corrected chi connectivity index (χ1v) is 11.9. The predicted molar refractivity (Wildman–Crippen MR) is 115 cm³/mol. The Bertz CT molecular complexity index is 1100. The summed E-state index contributed by atoms with van der Waals surface area (Å²) in [5.74, 6) is 0.487. The zero-order valence-corrected chi connectivity index (χ0v) is 18.6. The molecule has 9 nitrogen and oxygen atoms in total. The van der Waals surface area contributed by atoms with E-state index in [0.29, 0.717) is 30.7 Å². The summed E-state index contributed by atoms with van der Waals surface area (Å²) in [6.07, 6.45) is 8.00. The maximum atomic E-state index is 13.2. The number of aromatic nitrogens is 3. The van der Waals surface area contributed by atoms with Crippen molar-refractivity contribution < 1.29 is 18.9 Å². The number of likely N-dealkylation sites (tertiary alicyclic amines) is 2. The molecule has 9 heteroatoms. The van der Waals surface area contributed by atoms with Crippen LogP contribution in [0.5, 0.6) is 0 Å². The van der Waals surface area contributed by atoms with Gasteiger partial charge < -0.3 is 9.42 Å². The Morgan fingerprint density at radius 2 is 1.91 bits per heavy atom. The third-order valence-corrected chi connectivity index (χ3v) is 8.11. The summed E-state index contributed by atoms with van der Waals surface area (Å²) in [5.41, 5.74) is 2.39. The molecular weight excluding hydrogens is 422 g/mol. The van der Waals surface area contributed by atoms with Gasteiger partial charge in [0.05, 0.1) is 28.8 Å². The van der Waals surface area contributed by atoms with E-state index in [9.17, 15) is 14.4 Å². The summed E-state index contributed by atoms with van der Waals surface area (Å²) in [5, 5.41) is 3.97. The molecule has 2 bridgehead atoms. The molecule has 6 rings (SSSR count). The third-order valence-electron chi connectivity index (χ3n) is 8.11. The van der Waals surface area contributed by atoms with Crippen molar-refractivity contribution in [1.29, 1.82) is 0 Å². The highest BCUT2D eigenvalue weighted by Crippen LogP contribution is 2.56. The zero-order chi connectivity index (χ0) is 22.7. The standard InChI is InChI=1S/C24H27N5O4/c1-13-7-18(33-27-13)17-9-25-12-26-22(17)16-3-2-6-28(10-16)19(30)11-29-23(31)20-14-4-5-15(8-14)21(20)24(29)32/h7,9,12,14-16,20-21H,2-6,8,10-11H2,1H3/t14-,15-,16-,20-,21+/m0/s1. The number of carbonyl (C=O) groups is 3. The van der Waals surface area contributed by atoms with E-state index in [-0.39, 0.29) is 42.0 Å². The molecule has 4 aliphatic rings. The number of nitrogens with zero attached hydrogens (tertiary/aromatic N) is 5. The first kappa shape index (κ1) is 20.5. The Morgan fingerprint density at radius 3 is 2.61 bits per heavy atom. The van der Waals surface area contributed by atoms with Crippen molar-refractivity contribution in [3.63, 3.8) is 0 Å². The SMILES string of the molecule is Cc1cc(-c2cncnc2[C@H]2CCCN(C(=O)CN3C(=O)[C@@H]4[C@H]5CC[C@@H](C5)[C@@H]4C3=O)C2)on1. The molecule has 172 valence electrons. The number of fused-ring (bicyclic) bond motifs is 5. The van der Waals surface area contributed by atoms with E-state index in [1.54, 1.807) is 11.1 Å². The highest BCUT2D eigenvalue weighted by Gasteiger charge is 2.61. The fourth-order valence-corrected chi connectivity index (χ4v) is 6.63. The van der Waals surface area contributed by atoms with Crippen LogP contribution in [0.1, 0.15) is 49.4 Å². The Labute approximate surface area is 191 Å². The molecule has 2 aromatic heterocycles. The summed E-state index contributed by atoms with van der Waals surface area (Å²) in [6, 6.07) is 1.85. The van der Waals surface area contributed by atoms with Gasteiger partial charge in [-0.1, -0.05) is 5.16 Å². The maximum Gasteiger partial charge on any atom is 0.242 e. The first-order valence-electron chi connectivity index (χ1n) is 11.9. The number of rotatable bonds is 4. The van der Waals surface area contributed by atoms with E-state index in [0.717, 1.165) is 49.1 Å². The van der Waals surface area contributed by atoms with E-state index < -0.39 is 0 Å². The van der Waals surface area contributed by atoms with Crippen molar-refractivity contribution in [2.75, 3.05) is 19.6 Å². The highest BCUT2D eigenvalue weighted by atomic mass is 16.5. The number of hydrogen-bond donors (Lipinski definition) is 0. The Morgan fingerprint density at radius 1 is 1.15 bits per heavy atom. The van der Waals surface area contributed by atoms with Crippen LogP contribution in [0.2, 0.25) is 0 Å². The predicted octanol–water partition coefficient (Wildman–Crippen LogP) is 2.18. The fourth-order valence-electron chi connectivity index (χ4n) is 6.63. The lowest BCUT2D eigenvalue weighted by molar-refractivity contribution is -0.147. The largest absolute Gasteiger partial charge is 0.356 e. The van der Waals surface area contributed by atoms with Gasteiger partial charge in [0, 0.05) is 31.3 Å². The molecule has 5 atom stereocenters. The maximum absolute atomic E-state index is 13.2. The lowest BCUT2D eigenvalue weighted by Crippen LogP contribution is -2.46. The zero-order valence-electron chi connectivity index (χ0n) is 18.6. The van der Waals surface area contributed by atoms with E-state index >= 15 is 0 Å². The number of aryl methyl sites for hydroxylation is 1. The molecule has 3 amide bonds. The molecule has 33 heavy (non-hydrogen) atoms. The molecule has 2 saturated carbocycles. The minimum absolute atomic E-state index is 0.0197. The summed E-state index contributed by atoms with van der Waals surface area (Å²) < 4.78 is 5.43. The van der Waals surface area contributed by atoms with Gasteiger partial charge in [-0.25, -0.2) is 9.97 Å². The molecule has 0 unspecified atom stereocenters. The fraction of sp³-hybridized carbons (Fsp3) is 0.583. The molecule has 0 aromatic carbocycles.